The van der Waals surface area contributed by atoms with E-state index in [9.17, 15) is 4.79 Å². The predicted octanol–water partition coefficient (Wildman–Crippen LogP) is 1.85. The lowest BCUT2D eigenvalue weighted by Gasteiger charge is -2.35. The van der Waals surface area contributed by atoms with Crippen LogP contribution in [0.25, 0.3) is 0 Å². The maximum atomic E-state index is 11.9. The number of hydrogen-bond acceptors (Lipinski definition) is 2. The molecule has 0 spiro atoms. The Balaban J connectivity index is 2.56. The second-order valence-corrected chi connectivity index (χ2v) is 4.14. The summed E-state index contributed by atoms with van der Waals surface area (Å²) < 4.78 is 0. The topological polar surface area (TPSA) is 46.3 Å². The molecule has 0 aromatic rings. The fourth-order valence-electron chi connectivity index (χ4n) is 2.13. The zero-order valence-corrected chi connectivity index (χ0v) is 10.1. The summed E-state index contributed by atoms with van der Waals surface area (Å²) in [5.74, 6) is 0.122. The summed E-state index contributed by atoms with van der Waals surface area (Å²) >= 11 is 0. The van der Waals surface area contributed by atoms with Gasteiger partial charge < -0.3 is 10.6 Å². The Morgan fingerprint density at radius 3 is 2.94 bits per heavy atom. The minimum Gasteiger partial charge on any atom is -0.336 e. The van der Waals surface area contributed by atoms with Gasteiger partial charge in [0, 0.05) is 18.7 Å². The quantitative estimate of drug-likeness (QED) is 0.583. The van der Waals surface area contributed by atoms with Crippen molar-refractivity contribution in [3.05, 3.63) is 24.3 Å². The van der Waals surface area contributed by atoms with Gasteiger partial charge in [0.2, 0.25) is 5.91 Å². The van der Waals surface area contributed by atoms with Gasteiger partial charge in [0.05, 0.1) is 0 Å². The van der Waals surface area contributed by atoms with Crippen LogP contribution >= 0.6 is 0 Å². The number of carbonyl (C=O) groups is 1. The van der Waals surface area contributed by atoms with E-state index in [2.05, 4.69) is 0 Å². The Hall–Kier alpha value is -1.09. The normalized spacial score (nSPS) is 22.1. The highest BCUT2D eigenvalue weighted by molar-refractivity contribution is 5.88. The maximum absolute atomic E-state index is 11.9. The lowest BCUT2D eigenvalue weighted by Crippen LogP contribution is -2.43. The monoisotopic (exact) mass is 222 g/mol. The molecule has 0 radical (unpaired) electrons. The van der Waals surface area contributed by atoms with Crippen molar-refractivity contribution in [2.45, 2.75) is 38.6 Å². The van der Waals surface area contributed by atoms with E-state index >= 15 is 0 Å². The van der Waals surface area contributed by atoms with E-state index in [-0.39, 0.29) is 5.91 Å². The molecule has 1 amide bonds. The van der Waals surface area contributed by atoms with Crippen LogP contribution < -0.4 is 5.73 Å². The average Bonchev–Trinajstić information content (AvgIpc) is 2.30. The largest absolute Gasteiger partial charge is 0.336 e. The number of piperidine rings is 1. The number of allylic oxidation sites excluding steroid dienone is 3. The molecule has 16 heavy (non-hydrogen) atoms. The van der Waals surface area contributed by atoms with Crippen LogP contribution in [-0.4, -0.2) is 29.9 Å². The van der Waals surface area contributed by atoms with Gasteiger partial charge in [0.1, 0.15) is 0 Å². The summed E-state index contributed by atoms with van der Waals surface area (Å²) in [6, 6.07) is 0.349. The Morgan fingerprint density at radius 2 is 2.25 bits per heavy atom. The van der Waals surface area contributed by atoms with Crippen LogP contribution in [0, 0.1) is 0 Å². The molecule has 3 nitrogen and oxygen atoms in total. The Kier molecular flexibility index (Phi) is 5.86. The van der Waals surface area contributed by atoms with E-state index in [0.29, 0.717) is 12.6 Å². The van der Waals surface area contributed by atoms with E-state index in [1.807, 2.05) is 24.0 Å². The molecular weight excluding hydrogens is 200 g/mol. The molecular formula is C13H22N2O. The third-order valence-corrected chi connectivity index (χ3v) is 2.95. The van der Waals surface area contributed by atoms with Gasteiger partial charge in [-0.15, -0.1) is 0 Å². The summed E-state index contributed by atoms with van der Waals surface area (Å²) in [6.07, 6.45) is 11.6. The lowest BCUT2D eigenvalue weighted by molar-refractivity contribution is -0.129. The van der Waals surface area contributed by atoms with Crippen molar-refractivity contribution < 1.29 is 4.79 Å². The van der Waals surface area contributed by atoms with Crippen molar-refractivity contribution >= 4 is 5.91 Å². The number of nitrogens with two attached hydrogens (primary N) is 1. The zero-order valence-electron chi connectivity index (χ0n) is 10.1. The van der Waals surface area contributed by atoms with Crippen LogP contribution in [0.3, 0.4) is 0 Å². The van der Waals surface area contributed by atoms with Gasteiger partial charge >= 0.3 is 0 Å². The number of carbonyl (C=O) groups excluding carboxylic acids is 1. The molecule has 2 N–H and O–H groups in total. The van der Waals surface area contributed by atoms with Gasteiger partial charge in [0.25, 0.3) is 0 Å². The van der Waals surface area contributed by atoms with Crippen LogP contribution in [-0.2, 0) is 4.79 Å². The van der Waals surface area contributed by atoms with Crippen molar-refractivity contribution in [3.63, 3.8) is 0 Å². The van der Waals surface area contributed by atoms with Crippen molar-refractivity contribution in [3.8, 4) is 0 Å². The van der Waals surface area contributed by atoms with Crippen LogP contribution in [0.15, 0.2) is 24.3 Å². The molecule has 0 aliphatic carbocycles. The van der Waals surface area contributed by atoms with Crippen molar-refractivity contribution in [2.75, 3.05) is 13.1 Å². The molecule has 3 heteroatoms. The molecule has 1 atom stereocenters. The van der Waals surface area contributed by atoms with Gasteiger partial charge in [-0.1, -0.05) is 18.2 Å². The first-order valence-corrected chi connectivity index (χ1v) is 6.09. The van der Waals surface area contributed by atoms with Gasteiger partial charge in [-0.3, -0.25) is 4.79 Å². The van der Waals surface area contributed by atoms with Crippen molar-refractivity contribution in [1.82, 2.24) is 4.90 Å². The molecule has 1 rings (SSSR count). The van der Waals surface area contributed by atoms with E-state index < -0.39 is 0 Å². The summed E-state index contributed by atoms with van der Waals surface area (Å²) in [7, 11) is 0. The molecule has 0 saturated carbocycles. The van der Waals surface area contributed by atoms with Gasteiger partial charge in [0.15, 0.2) is 0 Å². The second-order valence-electron chi connectivity index (χ2n) is 4.14. The van der Waals surface area contributed by atoms with Crippen LogP contribution in [0.5, 0.6) is 0 Å². The molecule has 1 saturated heterocycles. The first-order valence-electron chi connectivity index (χ1n) is 6.09. The molecule has 90 valence electrons. The third kappa shape index (κ3) is 3.81. The first-order chi connectivity index (χ1) is 7.79. The summed E-state index contributed by atoms with van der Waals surface area (Å²) in [4.78, 5) is 13.9. The zero-order chi connectivity index (χ0) is 11.8. The molecule has 1 unspecified atom stereocenters. The summed E-state index contributed by atoms with van der Waals surface area (Å²) in [5.41, 5.74) is 5.58. The molecule has 1 heterocycles. The van der Waals surface area contributed by atoms with Gasteiger partial charge in [-0.2, -0.15) is 0 Å². The molecule has 1 aliphatic rings. The van der Waals surface area contributed by atoms with Crippen molar-refractivity contribution in [2.24, 2.45) is 5.73 Å². The third-order valence-electron chi connectivity index (χ3n) is 2.95. The minimum absolute atomic E-state index is 0.122. The number of amides is 1. The molecule has 0 aromatic heterocycles. The maximum Gasteiger partial charge on any atom is 0.246 e. The highest BCUT2D eigenvalue weighted by atomic mass is 16.2. The van der Waals surface area contributed by atoms with Gasteiger partial charge in [-0.25, -0.2) is 0 Å². The van der Waals surface area contributed by atoms with Crippen LogP contribution in [0.1, 0.15) is 32.6 Å². The fraction of sp³-hybridized carbons (Fsp3) is 0.615. The van der Waals surface area contributed by atoms with Crippen LogP contribution in [0.4, 0.5) is 0 Å². The fourth-order valence-corrected chi connectivity index (χ4v) is 2.13. The van der Waals surface area contributed by atoms with E-state index in [0.717, 1.165) is 25.8 Å². The smallest absolute Gasteiger partial charge is 0.246 e. The standard InChI is InChI=1S/C13H22N2O/c1-2-3-4-8-13(16)15-11-6-5-7-12(15)9-10-14/h2-4,8,12H,5-7,9-11,14H2,1H3. The molecule has 1 fully saturated rings. The first kappa shape index (κ1) is 13.0. The van der Waals surface area contributed by atoms with Crippen LogP contribution in [0.2, 0.25) is 0 Å². The Morgan fingerprint density at radius 1 is 1.44 bits per heavy atom. The second kappa shape index (κ2) is 7.23. The number of hydrogen-bond donors (Lipinski definition) is 1. The lowest BCUT2D eigenvalue weighted by atomic mass is 9.99. The predicted molar refractivity (Wildman–Crippen MR) is 67.0 cm³/mol. The molecule has 0 bridgehead atoms. The van der Waals surface area contributed by atoms with Gasteiger partial charge in [-0.05, 0) is 39.2 Å². The highest BCUT2D eigenvalue weighted by Gasteiger charge is 2.24. The molecule has 1 aliphatic heterocycles. The summed E-state index contributed by atoms with van der Waals surface area (Å²) in [6.45, 7) is 3.48. The van der Waals surface area contributed by atoms with E-state index in [1.165, 1.54) is 6.42 Å². The van der Waals surface area contributed by atoms with Crippen molar-refractivity contribution in [1.29, 1.82) is 0 Å². The van der Waals surface area contributed by atoms with E-state index in [1.54, 1.807) is 12.2 Å². The number of likely N-dealkylation sites (tertiary alicyclic amines) is 1. The minimum atomic E-state index is 0.122. The van der Waals surface area contributed by atoms with E-state index in [4.69, 9.17) is 5.73 Å². The summed E-state index contributed by atoms with van der Waals surface area (Å²) in [5, 5.41) is 0. The number of nitrogens with zero attached hydrogens (tertiary/aromatic N) is 1. The molecule has 0 aromatic carbocycles. The Bertz CT molecular complexity index is 269. The number of rotatable bonds is 4. The average molecular weight is 222 g/mol. The SMILES string of the molecule is CC=CC=CC(=O)N1CCCCC1CCN. The Labute approximate surface area is 98.0 Å². The highest BCUT2D eigenvalue weighted by Crippen LogP contribution is 2.19.